The first-order chi connectivity index (χ1) is 6.91. The molecule has 0 aromatic heterocycles. The zero-order chi connectivity index (χ0) is 11.5. The van der Waals surface area contributed by atoms with E-state index in [1.54, 1.807) is 0 Å². The van der Waals surface area contributed by atoms with Crippen molar-refractivity contribution in [3.8, 4) is 0 Å². The summed E-state index contributed by atoms with van der Waals surface area (Å²) < 4.78 is 0. The van der Waals surface area contributed by atoms with E-state index in [2.05, 4.69) is 4.90 Å². The first-order valence-corrected chi connectivity index (χ1v) is 5.86. The fourth-order valence-corrected chi connectivity index (χ4v) is 2.12. The molecule has 0 spiro atoms. The molecule has 1 aliphatic rings. The van der Waals surface area contributed by atoms with Crippen LogP contribution in [-0.2, 0) is 4.79 Å². The van der Waals surface area contributed by atoms with Gasteiger partial charge < -0.3 is 10.0 Å². The minimum absolute atomic E-state index is 0.150. The number of hydrogen-bond donors (Lipinski definition) is 1. The molecule has 1 heterocycles. The molecule has 3 nitrogen and oxygen atoms in total. The Kier molecular flexibility index (Phi) is 4.14. The summed E-state index contributed by atoms with van der Waals surface area (Å²) in [6, 6.07) is 0. The fraction of sp³-hybridized carbons (Fsp3) is 0.917. The molecule has 0 aromatic carbocycles. The molecular weight excluding hydrogens is 190 g/mol. The van der Waals surface area contributed by atoms with Gasteiger partial charge >= 0.3 is 5.97 Å². The van der Waals surface area contributed by atoms with E-state index in [-0.39, 0.29) is 11.3 Å². The molecule has 1 fully saturated rings. The normalized spacial score (nSPS) is 21.3. The van der Waals surface area contributed by atoms with Crippen molar-refractivity contribution in [2.75, 3.05) is 19.6 Å². The number of aliphatic carboxylic acids is 1. The summed E-state index contributed by atoms with van der Waals surface area (Å²) in [5.74, 6) is -0.913. The smallest absolute Gasteiger partial charge is 0.308 e. The molecule has 1 N–H and O–H groups in total. The van der Waals surface area contributed by atoms with Crippen LogP contribution in [0.3, 0.4) is 0 Å². The van der Waals surface area contributed by atoms with Crippen molar-refractivity contribution in [1.29, 1.82) is 0 Å². The average Bonchev–Trinajstić information content (AvgIpc) is 2.13. The molecule has 15 heavy (non-hydrogen) atoms. The van der Waals surface area contributed by atoms with Gasteiger partial charge in [-0.3, -0.25) is 4.79 Å². The van der Waals surface area contributed by atoms with Crippen molar-refractivity contribution in [3.05, 3.63) is 0 Å². The Morgan fingerprint density at radius 3 is 2.20 bits per heavy atom. The number of hydrogen-bond acceptors (Lipinski definition) is 2. The van der Waals surface area contributed by atoms with Crippen molar-refractivity contribution < 1.29 is 9.90 Å². The van der Waals surface area contributed by atoms with E-state index < -0.39 is 5.97 Å². The summed E-state index contributed by atoms with van der Waals surface area (Å²) in [6.45, 7) is 8.87. The highest BCUT2D eigenvalue weighted by molar-refractivity contribution is 5.71. The third kappa shape index (κ3) is 3.82. The summed E-state index contributed by atoms with van der Waals surface area (Å²) in [4.78, 5) is 13.5. The number of nitrogens with zero attached hydrogens (tertiary/aromatic N) is 1. The first-order valence-electron chi connectivity index (χ1n) is 5.86. The Bertz CT molecular complexity index is 214. The molecule has 1 rings (SSSR count). The van der Waals surface area contributed by atoms with Gasteiger partial charge in [-0.25, -0.2) is 0 Å². The third-order valence-electron chi connectivity index (χ3n) is 3.23. The minimum Gasteiger partial charge on any atom is -0.481 e. The molecule has 0 saturated carbocycles. The summed E-state index contributed by atoms with van der Waals surface area (Å²) in [7, 11) is 0. The quantitative estimate of drug-likeness (QED) is 0.781. The third-order valence-corrected chi connectivity index (χ3v) is 3.23. The molecule has 0 amide bonds. The number of carbonyl (C=O) groups is 1. The van der Waals surface area contributed by atoms with E-state index in [0.29, 0.717) is 6.54 Å². The van der Waals surface area contributed by atoms with Crippen LogP contribution in [0.1, 0.15) is 40.0 Å². The predicted molar refractivity (Wildman–Crippen MR) is 60.9 cm³/mol. The van der Waals surface area contributed by atoms with Gasteiger partial charge in [-0.15, -0.1) is 0 Å². The molecule has 0 bridgehead atoms. The lowest BCUT2D eigenvalue weighted by Crippen LogP contribution is -2.42. The van der Waals surface area contributed by atoms with Crippen molar-refractivity contribution in [1.82, 2.24) is 4.90 Å². The number of piperidine rings is 1. The monoisotopic (exact) mass is 213 g/mol. The van der Waals surface area contributed by atoms with Crippen LogP contribution in [0.2, 0.25) is 0 Å². The van der Waals surface area contributed by atoms with Gasteiger partial charge in [0.1, 0.15) is 0 Å². The summed E-state index contributed by atoms with van der Waals surface area (Å²) in [5, 5.41) is 9.21. The second kappa shape index (κ2) is 4.97. The zero-order valence-corrected chi connectivity index (χ0v) is 10.1. The summed E-state index contributed by atoms with van der Waals surface area (Å²) in [5.41, 5.74) is -0.150. The summed E-state index contributed by atoms with van der Waals surface area (Å²) in [6.07, 6.45) is 3.73. The Hall–Kier alpha value is -0.570. The van der Waals surface area contributed by atoms with Gasteiger partial charge in [-0.2, -0.15) is 0 Å². The lowest BCUT2D eigenvalue weighted by atomic mass is 9.80. The largest absolute Gasteiger partial charge is 0.481 e. The van der Waals surface area contributed by atoms with Crippen LogP contribution < -0.4 is 0 Å². The highest BCUT2D eigenvalue weighted by Crippen LogP contribution is 2.27. The maximum atomic E-state index is 11.2. The van der Waals surface area contributed by atoms with Crippen LogP contribution in [0.25, 0.3) is 0 Å². The first kappa shape index (κ1) is 12.5. The van der Waals surface area contributed by atoms with Gasteiger partial charge in [-0.1, -0.05) is 27.2 Å². The topological polar surface area (TPSA) is 40.5 Å². The van der Waals surface area contributed by atoms with E-state index in [4.69, 9.17) is 0 Å². The highest BCUT2D eigenvalue weighted by Gasteiger charge is 2.32. The zero-order valence-electron chi connectivity index (χ0n) is 10.1. The van der Waals surface area contributed by atoms with Gasteiger partial charge in [0.2, 0.25) is 0 Å². The van der Waals surface area contributed by atoms with Crippen LogP contribution in [0.15, 0.2) is 0 Å². The molecule has 1 saturated heterocycles. The lowest BCUT2D eigenvalue weighted by Gasteiger charge is -2.34. The van der Waals surface area contributed by atoms with Gasteiger partial charge in [0.15, 0.2) is 0 Å². The van der Waals surface area contributed by atoms with E-state index >= 15 is 0 Å². The number of rotatable bonds is 3. The Morgan fingerprint density at radius 2 is 1.80 bits per heavy atom. The molecule has 0 aliphatic carbocycles. The second-order valence-electron chi connectivity index (χ2n) is 5.62. The van der Waals surface area contributed by atoms with E-state index in [1.165, 1.54) is 19.3 Å². The molecule has 3 heteroatoms. The highest BCUT2D eigenvalue weighted by atomic mass is 16.4. The minimum atomic E-state index is -0.659. The van der Waals surface area contributed by atoms with Gasteiger partial charge in [-0.05, 0) is 31.3 Å². The molecular formula is C12H23NO2. The van der Waals surface area contributed by atoms with Crippen molar-refractivity contribution in [2.45, 2.75) is 40.0 Å². The Labute approximate surface area is 92.5 Å². The number of carboxylic acids is 1. The van der Waals surface area contributed by atoms with E-state index in [1.807, 2.05) is 20.8 Å². The van der Waals surface area contributed by atoms with Crippen molar-refractivity contribution in [3.63, 3.8) is 0 Å². The molecule has 1 unspecified atom stereocenters. The van der Waals surface area contributed by atoms with E-state index in [9.17, 15) is 9.90 Å². The molecule has 1 aliphatic heterocycles. The Balaban J connectivity index is 2.54. The van der Waals surface area contributed by atoms with Crippen LogP contribution in [0.4, 0.5) is 0 Å². The van der Waals surface area contributed by atoms with Gasteiger partial charge in [0.25, 0.3) is 0 Å². The standard InChI is InChI=1S/C12H23NO2/c1-12(2,3)10(11(14)15)9-13-7-5-4-6-8-13/h10H,4-9H2,1-3H3,(H,14,15). The SMILES string of the molecule is CC(C)(C)C(CN1CCCCC1)C(=O)O. The van der Waals surface area contributed by atoms with Gasteiger partial charge in [0.05, 0.1) is 5.92 Å². The Morgan fingerprint density at radius 1 is 1.27 bits per heavy atom. The van der Waals surface area contributed by atoms with Crippen LogP contribution >= 0.6 is 0 Å². The summed E-state index contributed by atoms with van der Waals surface area (Å²) >= 11 is 0. The molecule has 88 valence electrons. The van der Waals surface area contributed by atoms with Crippen molar-refractivity contribution in [2.24, 2.45) is 11.3 Å². The van der Waals surface area contributed by atoms with E-state index in [0.717, 1.165) is 13.1 Å². The molecule has 0 radical (unpaired) electrons. The molecule has 1 atom stereocenters. The fourth-order valence-electron chi connectivity index (χ4n) is 2.12. The average molecular weight is 213 g/mol. The lowest BCUT2D eigenvalue weighted by molar-refractivity contribution is -0.146. The maximum absolute atomic E-state index is 11.2. The predicted octanol–water partition coefficient (Wildman–Crippen LogP) is 2.22. The number of likely N-dealkylation sites (tertiary alicyclic amines) is 1. The number of carboxylic acid groups (broad SMARTS) is 1. The molecule has 0 aromatic rings. The van der Waals surface area contributed by atoms with Crippen LogP contribution in [-0.4, -0.2) is 35.6 Å². The van der Waals surface area contributed by atoms with Crippen molar-refractivity contribution >= 4 is 5.97 Å². The van der Waals surface area contributed by atoms with Crippen LogP contribution in [0.5, 0.6) is 0 Å². The van der Waals surface area contributed by atoms with Crippen LogP contribution in [0, 0.1) is 11.3 Å². The maximum Gasteiger partial charge on any atom is 0.308 e. The second-order valence-corrected chi connectivity index (χ2v) is 5.62. The van der Waals surface area contributed by atoms with Gasteiger partial charge in [0, 0.05) is 6.54 Å².